The number of imide groups is 1. The van der Waals surface area contributed by atoms with Crippen molar-refractivity contribution in [2.24, 2.45) is 5.41 Å². The van der Waals surface area contributed by atoms with Gasteiger partial charge in [-0.25, -0.2) is 8.78 Å². The van der Waals surface area contributed by atoms with E-state index < -0.39 is 11.3 Å². The van der Waals surface area contributed by atoms with Crippen molar-refractivity contribution in [1.82, 2.24) is 10.2 Å². The SMILES string of the molecule is O=C(CCCN1CCC2(CC1)C(=O)NC(=O)C2c1ccc(F)cc1)c1ccc(F)cc1. The highest BCUT2D eigenvalue weighted by atomic mass is 19.1. The third-order valence-corrected chi connectivity index (χ3v) is 6.50. The van der Waals surface area contributed by atoms with Gasteiger partial charge in [0.15, 0.2) is 5.78 Å². The molecule has 2 aliphatic rings. The van der Waals surface area contributed by atoms with Crippen LogP contribution in [-0.4, -0.2) is 42.1 Å². The predicted octanol–water partition coefficient (Wildman–Crippen LogP) is 3.45. The van der Waals surface area contributed by atoms with Crippen LogP contribution in [0.3, 0.4) is 0 Å². The first kappa shape index (κ1) is 21.3. The van der Waals surface area contributed by atoms with E-state index in [1.807, 2.05) is 0 Å². The Bertz CT molecular complexity index is 981. The minimum Gasteiger partial charge on any atom is -0.303 e. The number of carbonyl (C=O) groups is 3. The Balaban J connectivity index is 1.35. The zero-order valence-corrected chi connectivity index (χ0v) is 17.1. The molecule has 1 unspecified atom stereocenters. The summed E-state index contributed by atoms with van der Waals surface area (Å²) in [6.07, 6.45) is 2.08. The van der Waals surface area contributed by atoms with Gasteiger partial charge in [0.05, 0.1) is 11.3 Å². The highest BCUT2D eigenvalue weighted by Crippen LogP contribution is 2.48. The number of likely N-dealkylation sites (tertiary alicyclic amines) is 1. The molecule has 2 saturated heterocycles. The second-order valence-corrected chi connectivity index (χ2v) is 8.33. The number of carbonyl (C=O) groups excluding carboxylic acids is 3. The van der Waals surface area contributed by atoms with Gasteiger partial charge >= 0.3 is 0 Å². The van der Waals surface area contributed by atoms with Crippen molar-refractivity contribution in [2.75, 3.05) is 19.6 Å². The fourth-order valence-corrected chi connectivity index (χ4v) is 4.75. The molecule has 0 saturated carbocycles. The standard InChI is InChI=1S/C24H24F2N2O3/c25-18-7-3-16(4-8-18)20(29)2-1-13-28-14-11-24(12-15-28)21(22(30)27-23(24)31)17-5-9-19(26)10-6-17/h3-10,21H,1-2,11-15H2,(H,27,30,31). The molecule has 31 heavy (non-hydrogen) atoms. The Labute approximate surface area is 179 Å². The normalized spacial score (nSPS) is 20.8. The number of hydrogen-bond acceptors (Lipinski definition) is 4. The molecule has 0 bridgehead atoms. The van der Waals surface area contributed by atoms with Crippen LogP contribution in [-0.2, 0) is 9.59 Å². The summed E-state index contributed by atoms with van der Waals surface area (Å²) in [5, 5.41) is 2.47. The molecular weight excluding hydrogens is 402 g/mol. The van der Waals surface area contributed by atoms with E-state index in [1.54, 1.807) is 12.1 Å². The van der Waals surface area contributed by atoms with Crippen molar-refractivity contribution in [1.29, 1.82) is 0 Å². The Morgan fingerprint density at radius 2 is 1.55 bits per heavy atom. The van der Waals surface area contributed by atoms with Crippen LogP contribution in [0.15, 0.2) is 48.5 Å². The zero-order valence-electron chi connectivity index (χ0n) is 17.1. The fourth-order valence-electron chi connectivity index (χ4n) is 4.75. The number of ketones is 1. The summed E-state index contributed by atoms with van der Waals surface area (Å²) < 4.78 is 26.3. The monoisotopic (exact) mass is 426 g/mol. The lowest BCUT2D eigenvalue weighted by molar-refractivity contribution is -0.130. The van der Waals surface area contributed by atoms with Gasteiger partial charge in [0.25, 0.3) is 0 Å². The van der Waals surface area contributed by atoms with Crippen molar-refractivity contribution in [3.63, 3.8) is 0 Å². The summed E-state index contributed by atoms with van der Waals surface area (Å²) in [5.74, 6) is -1.96. The highest BCUT2D eigenvalue weighted by molar-refractivity contribution is 6.10. The van der Waals surface area contributed by atoms with E-state index in [0.29, 0.717) is 56.4 Å². The molecule has 2 amide bonds. The number of piperidine rings is 1. The van der Waals surface area contributed by atoms with Crippen molar-refractivity contribution in [3.05, 3.63) is 71.3 Å². The van der Waals surface area contributed by atoms with E-state index in [2.05, 4.69) is 10.2 Å². The van der Waals surface area contributed by atoms with Crippen molar-refractivity contribution < 1.29 is 23.2 Å². The number of rotatable bonds is 6. The van der Waals surface area contributed by atoms with Crippen LogP contribution in [0.2, 0.25) is 0 Å². The highest BCUT2D eigenvalue weighted by Gasteiger charge is 2.56. The quantitative estimate of drug-likeness (QED) is 0.568. The number of Topliss-reactive ketones (excluding diaryl/α,β-unsaturated/α-hetero) is 1. The van der Waals surface area contributed by atoms with Gasteiger partial charge in [0.1, 0.15) is 11.6 Å². The largest absolute Gasteiger partial charge is 0.303 e. The van der Waals surface area contributed by atoms with E-state index in [1.165, 1.54) is 36.4 Å². The first-order chi connectivity index (χ1) is 14.9. The molecule has 5 nitrogen and oxygen atoms in total. The lowest BCUT2D eigenvalue weighted by Crippen LogP contribution is -2.46. The number of hydrogen-bond donors (Lipinski definition) is 1. The topological polar surface area (TPSA) is 66.5 Å². The number of nitrogens with zero attached hydrogens (tertiary/aromatic N) is 1. The number of halogens is 2. The lowest BCUT2D eigenvalue weighted by atomic mass is 9.67. The van der Waals surface area contributed by atoms with Gasteiger partial charge < -0.3 is 4.90 Å². The van der Waals surface area contributed by atoms with Gasteiger partial charge in [-0.1, -0.05) is 12.1 Å². The molecule has 1 spiro atoms. The average molecular weight is 426 g/mol. The molecule has 2 fully saturated rings. The van der Waals surface area contributed by atoms with Crippen LogP contribution in [0.4, 0.5) is 8.78 Å². The molecule has 2 aromatic carbocycles. The maximum absolute atomic E-state index is 13.3. The van der Waals surface area contributed by atoms with Crippen molar-refractivity contribution >= 4 is 17.6 Å². The van der Waals surface area contributed by atoms with Crippen LogP contribution >= 0.6 is 0 Å². The van der Waals surface area contributed by atoms with Crippen LogP contribution < -0.4 is 5.32 Å². The Hall–Kier alpha value is -2.93. The molecule has 0 radical (unpaired) electrons. The van der Waals surface area contributed by atoms with Gasteiger partial charge in [-0.3, -0.25) is 19.7 Å². The first-order valence-corrected chi connectivity index (χ1v) is 10.5. The van der Waals surface area contributed by atoms with Crippen molar-refractivity contribution in [2.45, 2.75) is 31.6 Å². The summed E-state index contributed by atoms with van der Waals surface area (Å²) >= 11 is 0. The van der Waals surface area contributed by atoms with E-state index >= 15 is 0 Å². The molecule has 2 heterocycles. The van der Waals surface area contributed by atoms with Gasteiger partial charge in [-0.2, -0.15) is 0 Å². The Morgan fingerprint density at radius 1 is 0.968 bits per heavy atom. The molecular formula is C24H24F2N2O3. The number of nitrogens with one attached hydrogen (secondary N) is 1. The van der Waals surface area contributed by atoms with Crippen LogP contribution in [0.1, 0.15) is 47.5 Å². The third kappa shape index (κ3) is 4.28. The molecule has 162 valence electrons. The second-order valence-electron chi connectivity index (χ2n) is 8.33. The van der Waals surface area contributed by atoms with E-state index in [-0.39, 0.29) is 29.2 Å². The fraction of sp³-hybridized carbons (Fsp3) is 0.375. The third-order valence-electron chi connectivity index (χ3n) is 6.50. The van der Waals surface area contributed by atoms with Gasteiger partial charge in [-0.15, -0.1) is 0 Å². The molecule has 0 aromatic heterocycles. The molecule has 4 rings (SSSR count). The lowest BCUT2D eigenvalue weighted by Gasteiger charge is -2.40. The van der Waals surface area contributed by atoms with Crippen LogP contribution in [0.25, 0.3) is 0 Å². The Morgan fingerprint density at radius 3 is 2.16 bits per heavy atom. The summed E-state index contributed by atoms with van der Waals surface area (Å²) in [4.78, 5) is 39.7. The maximum atomic E-state index is 13.3. The van der Waals surface area contributed by atoms with Crippen LogP contribution in [0.5, 0.6) is 0 Å². The van der Waals surface area contributed by atoms with E-state index in [9.17, 15) is 23.2 Å². The average Bonchev–Trinajstić information content (AvgIpc) is 3.00. The van der Waals surface area contributed by atoms with E-state index in [4.69, 9.17) is 0 Å². The van der Waals surface area contributed by atoms with Gasteiger partial charge in [0.2, 0.25) is 11.8 Å². The first-order valence-electron chi connectivity index (χ1n) is 10.5. The predicted molar refractivity (Wildman–Crippen MR) is 110 cm³/mol. The molecule has 0 aliphatic carbocycles. The summed E-state index contributed by atoms with van der Waals surface area (Å²) in [6.45, 7) is 1.99. The molecule has 1 atom stereocenters. The zero-order chi connectivity index (χ0) is 22.0. The second kappa shape index (κ2) is 8.67. The minimum absolute atomic E-state index is 0.0226. The minimum atomic E-state index is -0.810. The van der Waals surface area contributed by atoms with Gasteiger partial charge in [-0.05, 0) is 80.9 Å². The molecule has 2 aromatic rings. The molecule has 7 heteroatoms. The summed E-state index contributed by atoms with van der Waals surface area (Å²) in [7, 11) is 0. The number of amides is 2. The molecule has 1 N–H and O–H groups in total. The smallest absolute Gasteiger partial charge is 0.235 e. The van der Waals surface area contributed by atoms with Crippen LogP contribution in [0, 0.1) is 17.0 Å². The maximum Gasteiger partial charge on any atom is 0.235 e. The summed E-state index contributed by atoms with van der Waals surface area (Å²) in [5.41, 5.74) is 0.348. The van der Waals surface area contributed by atoms with Crippen molar-refractivity contribution in [3.8, 4) is 0 Å². The molecule has 2 aliphatic heterocycles. The Kier molecular flexibility index (Phi) is 5.96. The van der Waals surface area contributed by atoms with Gasteiger partial charge in [0, 0.05) is 12.0 Å². The van der Waals surface area contributed by atoms with E-state index in [0.717, 1.165) is 0 Å². The number of benzene rings is 2. The summed E-state index contributed by atoms with van der Waals surface area (Å²) in [6, 6.07) is 11.3.